The van der Waals surface area contributed by atoms with Crippen LogP contribution in [0.5, 0.6) is 0 Å². The molecule has 1 amide bonds. The second-order valence-electron chi connectivity index (χ2n) is 5.61. The first-order valence-corrected chi connectivity index (χ1v) is 7.36. The van der Waals surface area contributed by atoms with E-state index in [-0.39, 0.29) is 17.7 Å². The van der Waals surface area contributed by atoms with Gasteiger partial charge in [-0.2, -0.15) is 5.26 Å². The van der Waals surface area contributed by atoms with Crippen molar-refractivity contribution < 1.29 is 9.59 Å². The molecule has 1 atom stereocenters. The van der Waals surface area contributed by atoms with Gasteiger partial charge in [-0.3, -0.25) is 9.59 Å². The Balaban J connectivity index is 2.20. The fourth-order valence-electron chi connectivity index (χ4n) is 2.70. The number of aromatic nitrogens is 1. The zero-order valence-corrected chi connectivity index (χ0v) is 13.7. The molecule has 1 aromatic carbocycles. The minimum Gasteiger partial charge on any atom is -0.354 e. The second kappa shape index (κ2) is 6.49. The number of ketones is 1. The van der Waals surface area contributed by atoms with Gasteiger partial charge < -0.3 is 10.3 Å². The number of hydrogen-bond donors (Lipinski definition) is 2. The Morgan fingerprint density at radius 3 is 2.30 bits per heavy atom. The maximum atomic E-state index is 12.5. The van der Waals surface area contributed by atoms with Gasteiger partial charge in [0.15, 0.2) is 5.78 Å². The van der Waals surface area contributed by atoms with Crippen LogP contribution >= 0.6 is 0 Å². The summed E-state index contributed by atoms with van der Waals surface area (Å²) in [5, 5.41) is 11.7. The monoisotopic (exact) mass is 309 g/mol. The fourth-order valence-corrected chi connectivity index (χ4v) is 2.70. The van der Waals surface area contributed by atoms with Crippen molar-refractivity contribution in [1.82, 2.24) is 10.3 Å². The smallest absolute Gasteiger partial charge is 0.268 e. The van der Waals surface area contributed by atoms with E-state index in [1.165, 1.54) is 6.92 Å². The maximum Gasteiger partial charge on any atom is 0.268 e. The van der Waals surface area contributed by atoms with Crippen molar-refractivity contribution in [2.45, 2.75) is 33.7 Å². The number of aromatic amines is 1. The van der Waals surface area contributed by atoms with E-state index < -0.39 is 0 Å². The number of aryl methyl sites for hydroxylation is 1. The van der Waals surface area contributed by atoms with Crippen LogP contribution in [0.1, 0.15) is 63.1 Å². The molecule has 0 fully saturated rings. The van der Waals surface area contributed by atoms with Crippen LogP contribution in [0.3, 0.4) is 0 Å². The molecule has 118 valence electrons. The van der Waals surface area contributed by atoms with Gasteiger partial charge in [0.05, 0.1) is 17.7 Å². The summed E-state index contributed by atoms with van der Waals surface area (Å²) in [5.74, 6) is -0.314. The van der Waals surface area contributed by atoms with E-state index in [1.807, 2.05) is 19.1 Å². The lowest BCUT2D eigenvalue weighted by atomic mass is 10.0. The molecule has 0 aliphatic heterocycles. The molecular weight excluding hydrogens is 290 g/mol. The largest absolute Gasteiger partial charge is 0.354 e. The SMILES string of the molecule is CC(=O)c1c(C)[nH]c(C(=O)NC(C)c2ccc(C#N)cc2)c1C. The maximum absolute atomic E-state index is 12.5. The van der Waals surface area contributed by atoms with E-state index >= 15 is 0 Å². The number of rotatable bonds is 4. The van der Waals surface area contributed by atoms with Crippen LogP contribution in [0.4, 0.5) is 0 Å². The molecule has 5 nitrogen and oxygen atoms in total. The van der Waals surface area contributed by atoms with Crippen molar-refractivity contribution in [3.8, 4) is 6.07 Å². The van der Waals surface area contributed by atoms with Gasteiger partial charge in [-0.25, -0.2) is 0 Å². The first-order valence-electron chi connectivity index (χ1n) is 7.36. The van der Waals surface area contributed by atoms with Crippen LogP contribution in [-0.4, -0.2) is 16.7 Å². The number of H-pyrrole nitrogens is 1. The molecule has 0 aliphatic carbocycles. The van der Waals surface area contributed by atoms with Crippen molar-refractivity contribution in [2.24, 2.45) is 0 Å². The fraction of sp³-hybridized carbons (Fsp3) is 0.278. The summed E-state index contributed by atoms with van der Waals surface area (Å²) in [4.78, 5) is 27.1. The second-order valence-corrected chi connectivity index (χ2v) is 5.61. The number of nitriles is 1. The third-order valence-corrected chi connectivity index (χ3v) is 3.90. The summed E-state index contributed by atoms with van der Waals surface area (Å²) in [5.41, 5.74) is 3.83. The molecule has 5 heteroatoms. The van der Waals surface area contributed by atoms with Gasteiger partial charge >= 0.3 is 0 Å². The van der Waals surface area contributed by atoms with Crippen molar-refractivity contribution in [1.29, 1.82) is 5.26 Å². The number of nitrogens with zero attached hydrogens (tertiary/aromatic N) is 1. The summed E-state index contributed by atoms with van der Waals surface area (Å²) in [6.07, 6.45) is 0. The molecule has 1 unspecified atom stereocenters. The lowest BCUT2D eigenvalue weighted by Crippen LogP contribution is -2.27. The highest BCUT2D eigenvalue weighted by atomic mass is 16.2. The molecule has 0 saturated heterocycles. The summed E-state index contributed by atoms with van der Waals surface area (Å²) in [7, 11) is 0. The Hall–Kier alpha value is -2.87. The number of benzene rings is 1. The Bertz CT molecular complexity index is 795. The topological polar surface area (TPSA) is 85.8 Å². The average molecular weight is 309 g/mol. The lowest BCUT2D eigenvalue weighted by Gasteiger charge is -2.14. The third-order valence-electron chi connectivity index (χ3n) is 3.90. The van der Waals surface area contributed by atoms with E-state index in [4.69, 9.17) is 5.26 Å². The molecule has 0 saturated carbocycles. The van der Waals surface area contributed by atoms with Gasteiger partial charge in [0, 0.05) is 11.3 Å². The number of hydrogen-bond acceptors (Lipinski definition) is 3. The molecule has 2 rings (SSSR count). The van der Waals surface area contributed by atoms with E-state index in [0.29, 0.717) is 28.1 Å². The highest BCUT2D eigenvalue weighted by Gasteiger charge is 2.21. The molecule has 0 aliphatic rings. The summed E-state index contributed by atoms with van der Waals surface area (Å²) < 4.78 is 0. The van der Waals surface area contributed by atoms with Crippen LogP contribution < -0.4 is 5.32 Å². The summed E-state index contributed by atoms with van der Waals surface area (Å²) in [6.45, 7) is 6.91. The zero-order valence-electron chi connectivity index (χ0n) is 13.7. The van der Waals surface area contributed by atoms with Gasteiger partial charge in [-0.1, -0.05) is 12.1 Å². The van der Waals surface area contributed by atoms with Crippen molar-refractivity contribution in [3.05, 3.63) is 57.9 Å². The van der Waals surface area contributed by atoms with Gasteiger partial charge in [-0.05, 0) is 51.0 Å². The molecule has 1 aromatic heterocycles. The normalized spacial score (nSPS) is 11.6. The van der Waals surface area contributed by atoms with Crippen LogP contribution in [0.25, 0.3) is 0 Å². The summed E-state index contributed by atoms with van der Waals surface area (Å²) in [6, 6.07) is 8.92. The predicted octanol–water partition coefficient (Wildman–Crippen LogP) is 3.20. The molecule has 23 heavy (non-hydrogen) atoms. The first kappa shape index (κ1) is 16.5. The highest BCUT2D eigenvalue weighted by Crippen LogP contribution is 2.20. The van der Waals surface area contributed by atoms with Crippen LogP contribution in [0, 0.1) is 25.2 Å². The van der Waals surface area contributed by atoms with Gasteiger partial charge in [0.2, 0.25) is 0 Å². The van der Waals surface area contributed by atoms with Crippen LogP contribution in [0.15, 0.2) is 24.3 Å². The van der Waals surface area contributed by atoms with Gasteiger partial charge in [0.25, 0.3) is 5.91 Å². The molecule has 0 spiro atoms. The molecule has 1 heterocycles. The van der Waals surface area contributed by atoms with Crippen LogP contribution in [-0.2, 0) is 0 Å². The minimum atomic E-state index is -0.255. The first-order chi connectivity index (χ1) is 10.8. The van der Waals surface area contributed by atoms with E-state index in [2.05, 4.69) is 16.4 Å². The quantitative estimate of drug-likeness (QED) is 0.850. The Labute approximate surface area is 135 Å². The Kier molecular flexibility index (Phi) is 4.65. The molecule has 0 radical (unpaired) electrons. The van der Waals surface area contributed by atoms with Crippen LogP contribution in [0.2, 0.25) is 0 Å². The minimum absolute atomic E-state index is 0.0598. The standard InChI is InChI=1S/C18H19N3O2/c1-10-16(13(4)22)12(3)20-17(10)18(23)21-11(2)15-7-5-14(9-19)6-8-15/h5-8,11,20H,1-4H3,(H,21,23). The Morgan fingerprint density at radius 1 is 1.22 bits per heavy atom. The molecule has 2 aromatic rings. The average Bonchev–Trinajstić information content (AvgIpc) is 2.82. The number of carbonyl (C=O) groups excluding carboxylic acids is 2. The third kappa shape index (κ3) is 3.32. The summed E-state index contributed by atoms with van der Waals surface area (Å²) >= 11 is 0. The zero-order chi connectivity index (χ0) is 17.1. The van der Waals surface area contributed by atoms with Crippen molar-refractivity contribution in [3.63, 3.8) is 0 Å². The number of amides is 1. The number of carbonyl (C=O) groups is 2. The number of Topliss-reactive ketones (excluding diaryl/α,β-unsaturated/α-hetero) is 1. The predicted molar refractivity (Wildman–Crippen MR) is 87.3 cm³/mol. The van der Waals surface area contributed by atoms with Gasteiger partial charge in [0.1, 0.15) is 5.69 Å². The molecular formula is C18H19N3O2. The van der Waals surface area contributed by atoms with Gasteiger partial charge in [-0.15, -0.1) is 0 Å². The highest BCUT2D eigenvalue weighted by molar-refractivity contribution is 6.02. The van der Waals surface area contributed by atoms with Crippen molar-refractivity contribution in [2.75, 3.05) is 0 Å². The van der Waals surface area contributed by atoms with E-state index in [0.717, 1.165) is 5.56 Å². The van der Waals surface area contributed by atoms with E-state index in [1.54, 1.807) is 26.0 Å². The lowest BCUT2D eigenvalue weighted by molar-refractivity contribution is 0.0934. The van der Waals surface area contributed by atoms with Crippen molar-refractivity contribution >= 4 is 11.7 Å². The molecule has 2 N–H and O–H groups in total. The van der Waals surface area contributed by atoms with E-state index in [9.17, 15) is 9.59 Å². The number of nitrogens with one attached hydrogen (secondary N) is 2. The molecule has 0 bridgehead atoms. The Morgan fingerprint density at radius 2 is 1.83 bits per heavy atom.